The molecule has 0 amide bonds. The highest BCUT2D eigenvalue weighted by Gasteiger charge is 2.22. The normalized spacial score (nSPS) is 11.9. The van der Waals surface area contributed by atoms with Crippen LogP contribution in [0.2, 0.25) is 0 Å². The smallest absolute Gasteiger partial charge is 0.241 e. The van der Waals surface area contributed by atoms with E-state index >= 15 is 0 Å². The molecule has 0 aliphatic rings. The van der Waals surface area contributed by atoms with Crippen molar-refractivity contribution in [3.05, 3.63) is 84.3 Å². The second-order valence-corrected chi connectivity index (χ2v) is 10.9. The first-order valence-electron chi connectivity index (χ1n) is 11.2. The van der Waals surface area contributed by atoms with Gasteiger partial charge in [0.2, 0.25) is 16.0 Å². The molecule has 2 aromatic carbocycles. The van der Waals surface area contributed by atoms with Crippen LogP contribution in [0.3, 0.4) is 0 Å². The van der Waals surface area contributed by atoms with Crippen LogP contribution in [0.4, 0.5) is 23.1 Å². The maximum atomic E-state index is 12.7. The molecule has 0 bridgehead atoms. The summed E-state index contributed by atoms with van der Waals surface area (Å²) in [5.41, 5.74) is 2.83. The van der Waals surface area contributed by atoms with E-state index in [2.05, 4.69) is 30.4 Å². The molecule has 0 aliphatic carbocycles. The maximum absolute atomic E-state index is 12.7. The van der Waals surface area contributed by atoms with Gasteiger partial charge >= 0.3 is 0 Å². The van der Waals surface area contributed by atoms with Gasteiger partial charge in [0.05, 0.1) is 11.4 Å². The zero-order chi connectivity index (χ0) is 25.1. The van der Waals surface area contributed by atoms with Crippen molar-refractivity contribution in [3.8, 4) is 0 Å². The number of rotatable bonds is 8. The highest BCUT2D eigenvalue weighted by Crippen LogP contribution is 2.23. The predicted molar refractivity (Wildman–Crippen MR) is 138 cm³/mol. The monoisotopic (exact) mass is 491 g/mol. The molecule has 10 heteroatoms. The largest absolute Gasteiger partial charge is 0.340 e. The predicted octanol–water partition coefficient (Wildman–Crippen LogP) is 4.59. The fourth-order valence-corrected chi connectivity index (χ4v) is 4.84. The molecular weight excluding hydrogens is 462 g/mol. The van der Waals surface area contributed by atoms with Crippen LogP contribution in [0.1, 0.15) is 31.9 Å². The first-order valence-corrected chi connectivity index (χ1v) is 12.6. The van der Waals surface area contributed by atoms with Crippen LogP contribution >= 0.6 is 0 Å². The van der Waals surface area contributed by atoms with Crippen LogP contribution in [0, 0.1) is 6.92 Å². The number of aryl methyl sites for hydroxylation is 1. The van der Waals surface area contributed by atoms with E-state index in [1.807, 2.05) is 48.1 Å². The molecular formula is C25H29N7O2S. The lowest BCUT2D eigenvalue weighted by Crippen LogP contribution is -2.40. The van der Waals surface area contributed by atoms with Gasteiger partial charge in [-0.3, -0.25) is 4.68 Å². The Kier molecular flexibility index (Phi) is 6.86. The average molecular weight is 492 g/mol. The third-order valence-corrected chi connectivity index (χ3v) is 6.69. The van der Waals surface area contributed by atoms with Crippen LogP contribution < -0.4 is 15.4 Å². The summed E-state index contributed by atoms with van der Waals surface area (Å²) in [4.78, 5) is 9.14. The van der Waals surface area contributed by atoms with E-state index in [0.29, 0.717) is 24.0 Å². The molecule has 3 N–H and O–H groups in total. The van der Waals surface area contributed by atoms with E-state index in [9.17, 15) is 8.42 Å². The van der Waals surface area contributed by atoms with Crippen molar-refractivity contribution < 1.29 is 8.42 Å². The quantitative estimate of drug-likeness (QED) is 0.330. The van der Waals surface area contributed by atoms with Gasteiger partial charge in [0, 0.05) is 41.1 Å². The third kappa shape index (κ3) is 6.65. The first kappa shape index (κ1) is 24.4. The number of nitrogens with one attached hydrogen (secondary N) is 3. The zero-order valence-corrected chi connectivity index (χ0v) is 21.0. The summed E-state index contributed by atoms with van der Waals surface area (Å²) in [6.45, 7) is 8.00. The topological polar surface area (TPSA) is 114 Å². The molecule has 35 heavy (non-hydrogen) atoms. The summed E-state index contributed by atoms with van der Waals surface area (Å²) in [6.07, 6.45) is 5.40. The van der Waals surface area contributed by atoms with Crippen molar-refractivity contribution in [2.45, 2.75) is 44.7 Å². The zero-order valence-electron chi connectivity index (χ0n) is 20.1. The number of hydrogen-bond donors (Lipinski definition) is 3. The molecule has 0 aliphatic heterocycles. The van der Waals surface area contributed by atoms with E-state index in [0.717, 1.165) is 16.8 Å². The van der Waals surface area contributed by atoms with Crippen molar-refractivity contribution in [1.82, 2.24) is 24.5 Å². The minimum Gasteiger partial charge on any atom is -0.340 e. The summed E-state index contributed by atoms with van der Waals surface area (Å²) in [5.74, 6) is 1.01. The maximum Gasteiger partial charge on any atom is 0.241 e. The summed E-state index contributed by atoms with van der Waals surface area (Å²) in [6, 6.07) is 16.5. The van der Waals surface area contributed by atoms with E-state index < -0.39 is 15.6 Å². The summed E-state index contributed by atoms with van der Waals surface area (Å²) >= 11 is 0. The van der Waals surface area contributed by atoms with Crippen molar-refractivity contribution in [2.75, 3.05) is 10.6 Å². The van der Waals surface area contributed by atoms with Gasteiger partial charge in [-0.15, -0.1) is 0 Å². The minimum absolute atomic E-state index is 0.178. The van der Waals surface area contributed by atoms with Gasteiger partial charge in [-0.25, -0.2) is 18.1 Å². The Balaban J connectivity index is 1.48. The fourth-order valence-electron chi connectivity index (χ4n) is 3.37. The fraction of sp³-hybridized carbons (Fsp3) is 0.240. The van der Waals surface area contributed by atoms with E-state index in [1.165, 1.54) is 0 Å². The molecule has 0 fully saturated rings. The van der Waals surface area contributed by atoms with Crippen molar-refractivity contribution in [1.29, 1.82) is 0 Å². The van der Waals surface area contributed by atoms with Gasteiger partial charge in [0.25, 0.3) is 0 Å². The Morgan fingerprint density at radius 2 is 1.74 bits per heavy atom. The molecule has 182 valence electrons. The summed E-state index contributed by atoms with van der Waals surface area (Å²) in [7, 11) is -3.65. The van der Waals surface area contributed by atoms with Gasteiger partial charge in [-0.05, 0) is 69.7 Å². The number of aromatic nitrogens is 4. The van der Waals surface area contributed by atoms with Crippen LogP contribution in [0.25, 0.3) is 0 Å². The van der Waals surface area contributed by atoms with E-state index in [-0.39, 0.29) is 4.90 Å². The molecule has 0 radical (unpaired) electrons. The molecule has 0 saturated carbocycles. The highest BCUT2D eigenvalue weighted by atomic mass is 32.2. The lowest BCUT2D eigenvalue weighted by atomic mass is 10.1. The number of hydrogen-bond acceptors (Lipinski definition) is 7. The van der Waals surface area contributed by atoms with Crippen molar-refractivity contribution >= 4 is 33.2 Å². The van der Waals surface area contributed by atoms with Crippen LogP contribution in [-0.2, 0) is 16.6 Å². The van der Waals surface area contributed by atoms with Gasteiger partial charge in [-0.1, -0.05) is 18.2 Å². The Hall–Kier alpha value is -3.76. The molecule has 4 aromatic rings. The third-order valence-electron chi connectivity index (χ3n) is 4.93. The summed E-state index contributed by atoms with van der Waals surface area (Å²) < 4.78 is 30.0. The van der Waals surface area contributed by atoms with Gasteiger partial charge in [0.15, 0.2) is 0 Å². The standard InChI is InChI=1S/C25H29N7O2S/c1-18-16-26-24(29-20-11-9-19(10-12-20)17-32-14-6-13-27-32)30-23(18)28-21-7-5-8-22(15-21)35(33,34)31-25(2,3)4/h5-16,31H,17H2,1-4H3,(H2,26,28,29,30). The molecule has 0 spiro atoms. The van der Waals surface area contributed by atoms with Gasteiger partial charge in [-0.2, -0.15) is 10.1 Å². The molecule has 0 atom stereocenters. The average Bonchev–Trinajstić information content (AvgIpc) is 3.29. The van der Waals surface area contributed by atoms with Crippen molar-refractivity contribution in [2.24, 2.45) is 0 Å². The van der Waals surface area contributed by atoms with Crippen molar-refractivity contribution in [3.63, 3.8) is 0 Å². The molecule has 2 heterocycles. The number of benzene rings is 2. The van der Waals surface area contributed by atoms with Gasteiger partial charge < -0.3 is 10.6 Å². The Morgan fingerprint density at radius 3 is 2.43 bits per heavy atom. The summed E-state index contributed by atoms with van der Waals surface area (Å²) in [5, 5.41) is 10.7. The highest BCUT2D eigenvalue weighted by molar-refractivity contribution is 7.89. The molecule has 2 aromatic heterocycles. The van der Waals surface area contributed by atoms with E-state index in [1.54, 1.807) is 57.4 Å². The molecule has 0 saturated heterocycles. The second kappa shape index (κ2) is 9.85. The van der Waals surface area contributed by atoms with Crippen LogP contribution in [0.5, 0.6) is 0 Å². The Morgan fingerprint density at radius 1 is 0.971 bits per heavy atom. The lowest BCUT2D eigenvalue weighted by Gasteiger charge is -2.20. The minimum atomic E-state index is -3.65. The Labute approximate surface area is 205 Å². The molecule has 0 unspecified atom stereocenters. The number of nitrogens with zero attached hydrogens (tertiary/aromatic N) is 4. The number of anilines is 4. The van der Waals surface area contributed by atoms with E-state index in [4.69, 9.17) is 0 Å². The second-order valence-electron chi connectivity index (χ2n) is 9.26. The lowest BCUT2D eigenvalue weighted by molar-refractivity contribution is 0.491. The van der Waals surface area contributed by atoms with Crippen LogP contribution in [-0.4, -0.2) is 33.7 Å². The molecule has 4 rings (SSSR count). The van der Waals surface area contributed by atoms with Crippen LogP contribution in [0.15, 0.2) is 78.1 Å². The first-order chi connectivity index (χ1) is 16.6. The molecule has 9 nitrogen and oxygen atoms in total. The van der Waals surface area contributed by atoms with Gasteiger partial charge in [0.1, 0.15) is 5.82 Å². The Bertz CT molecular complexity index is 1390. The number of sulfonamides is 1. The SMILES string of the molecule is Cc1cnc(Nc2ccc(Cn3cccn3)cc2)nc1Nc1cccc(S(=O)(=O)NC(C)(C)C)c1.